The van der Waals surface area contributed by atoms with Gasteiger partial charge in [-0.1, -0.05) is 0 Å². The van der Waals surface area contributed by atoms with Crippen LogP contribution in [-0.4, -0.2) is 0 Å². The highest BCUT2D eigenvalue weighted by Crippen LogP contribution is 2.41. The Morgan fingerprint density at radius 2 is 1.16 bits per heavy atom. The van der Waals surface area contributed by atoms with E-state index < -0.39 is 0 Å². The second-order valence-corrected chi connectivity index (χ2v) is 4.05. The minimum absolute atomic E-state index is 0.311. The number of benzene rings is 2. The molecule has 0 saturated carbocycles. The second-order valence-electron chi connectivity index (χ2n) is 4.05. The van der Waals surface area contributed by atoms with Gasteiger partial charge >= 0.3 is 0 Å². The van der Waals surface area contributed by atoms with E-state index in [0.29, 0.717) is 34.0 Å². The summed E-state index contributed by atoms with van der Waals surface area (Å²) in [5, 5.41) is 1.62. The van der Waals surface area contributed by atoms with Gasteiger partial charge in [0, 0.05) is 10.8 Å². The van der Waals surface area contributed by atoms with Crippen molar-refractivity contribution in [3.8, 4) is 11.5 Å². The van der Waals surface area contributed by atoms with Crippen LogP contribution in [0, 0.1) is 0 Å². The molecule has 98 valence electrons. The van der Waals surface area contributed by atoms with E-state index >= 15 is 0 Å². The van der Waals surface area contributed by atoms with Gasteiger partial charge in [-0.3, -0.25) is 0 Å². The first-order valence-electron chi connectivity index (χ1n) is 5.44. The van der Waals surface area contributed by atoms with Gasteiger partial charge in [-0.2, -0.15) is 11.8 Å². The van der Waals surface area contributed by atoms with Crippen LogP contribution in [0.4, 0.5) is 11.4 Å². The number of hydrogen-bond acceptors (Lipinski definition) is 7. The molecule has 0 atom stereocenters. The van der Waals surface area contributed by atoms with E-state index in [2.05, 4.69) is 9.68 Å². The molecule has 19 heavy (non-hydrogen) atoms. The Kier molecular flexibility index (Phi) is 2.37. The lowest BCUT2D eigenvalue weighted by Crippen LogP contribution is -2.04. The summed E-state index contributed by atoms with van der Waals surface area (Å²) in [4.78, 5) is 9.33. The summed E-state index contributed by atoms with van der Waals surface area (Å²) in [6, 6.07) is 6.91. The average Bonchev–Trinajstić information content (AvgIpc) is 2.80. The molecule has 7 nitrogen and oxygen atoms in total. The third kappa shape index (κ3) is 1.46. The quantitative estimate of drug-likeness (QED) is 0.402. The molecule has 0 spiro atoms. The molecule has 8 N–H and O–H groups in total. The van der Waals surface area contributed by atoms with E-state index in [1.54, 1.807) is 24.3 Å². The van der Waals surface area contributed by atoms with Gasteiger partial charge in [0.05, 0.1) is 0 Å². The number of hydrogen-bond donors (Lipinski definition) is 4. The first kappa shape index (κ1) is 11.5. The molecule has 0 bridgehead atoms. The minimum Gasteiger partial charge on any atom is -0.451 e. The maximum absolute atomic E-state index is 5.92. The predicted molar refractivity (Wildman–Crippen MR) is 72.2 cm³/mol. The smallest absolute Gasteiger partial charge is 0.173 e. The average molecular weight is 260 g/mol. The fourth-order valence-corrected chi connectivity index (χ4v) is 2.11. The van der Waals surface area contributed by atoms with Crippen LogP contribution in [0.1, 0.15) is 0 Å². The zero-order chi connectivity index (χ0) is 13.6. The Labute approximate surface area is 107 Å². The molecule has 3 aromatic rings. The molecule has 0 fully saturated rings. The molecule has 0 aliphatic heterocycles. The number of nitrogen functional groups attached to an aromatic ring is 2. The van der Waals surface area contributed by atoms with E-state index in [0.717, 1.165) is 10.8 Å². The molecule has 0 radical (unpaired) electrons. The van der Waals surface area contributed by atoms with Gasteiger partial charge in [0.1, 0.15) is 11.4 Å². The van der Waals surface area contributed by atoms with E-state index in [-0.39, 0.29) is 0 Å². The predicted octanol–water partition coefficient (Wildman–Crippen LogP) is 1.26. The second kappa shape index (κ2) is 3.94. The molecule has 0 aliphatic carbocycles. The highest BCUT2D eigenvalue weighted by molar-refractivity contribution is 6.13. The molecular formula is C12H12N4O3. The Morgan fingerprint density at radius 1 is 0.737 bits per heavy atom. The van der Waals surface area contributed by atoms with Gasteiger partial charge in [-0.05, 0) is 24.3 Å². The van der Waals surface area contributed by atoms with Gasteiger partial charge in [0.15, 0.2) is 22.7 Å². The molecular weight excluding hydrogens is 248 g/mol. The minimum atomic E-state index is 0.311. The van der Waals surface area contributed by atoms with Crippen molar-refractivity contribution >= 4 is 33.3 Å². The SMILES string of the molecule is NOc1ccc2c(oc3c(N)c(ON)ccc32)c1N. The number of rotatable bonds is 2. The van der Waals surface area contributed by atoms with Crippen molar-refractivity contribution in [2.45, 2.75) is 0 Å². The number of anilines is 2. The summed E-state index contributed by atoms with van der Waals surface area (Å²) in [6.45, 7) is 0. The zero-order valence-electron chi connectivity index (χ0n) is 9.84. The Bertz CT molecular complexity index is 717. The molecule has 0 aliphatic rings. The lowest BCUT2D eigenvalue weighted by atomic mass is 10.1. The molecule has 0 unspecified atom stereocenters. The van der Waals surface area contributed by atoms with Crippen molar-refractivity contribution in [1.82, 2.24) is 0 Å². The summed E-state index contributed by atoms with van der Waals surface area (Å²) < 4.78 is 5.68. The van der Waals surface area contributed by atoms with E-state index in [4.69, 9.17) is 27.7 Å². The van der Waals surface area contributed by atoms with Crippen LogP contribution in [0.25, 0.3) is 21.9 Å². The highest BCUT2D eigenvalue weighted by Gasteiger charge is 2.16. The van der Waals surface area contributed by atoms with Crippen LogP contribution in [0.15, 0.2) is 28.7 Å². The summed E-state index contributed by atoms with van der Waals surface area (Å²) in [7, 11) is 0. The Hall–Kier alpha value is -2.64. The van der Waals surface area contributed by atoms with Crippen molar-refractivity contribution in [3.63, 3.8) is 0 Å². The molecule has 7 heteroatoms. The van der Waals surface area contributed by atoms with Gasteiger partial charge in [0.2, 0.25) is 0 Å². The Balaban J connectivity index is 2.44. The van der Waals surface area contributed by atoms with Crippen molar-refractivity contribution in [1.29, 1.82) is 0 Å². The number of nitrogens with two attached hydrogens (primary N) is 4. The number of fused-ring (bicyclic) bond motifs is 3. The van der Waals surface area contributed by atoms with Crippen molar-refractivity contribution < 1.29 is 14.1 Å². The van der Waals surface area contributed by atoms with Gasteiger partial charge in [-0.25, -0.2) is 0 Å². The topological polar surface area (TPSA) is 136 Å². The van der Waals surface area contributed by atoms with Crippen molar-refractivity contribution in [2.75, 3.05) is 11.5 Å². The van der Waals surface area contributed by atoms with E-state index in [1.807, 2.05) is 0 Å². The highest BCUT2D eigenvalue weighted by atomic mass is 16.6. The van der Waals surface area contributed by atoms with Crippen LogP contribution in [0.2, 0.25) is 0 Å². The van der Waals surface area contributed by atoms with Crippen LogP contribution < -0.4 is 32.9 Å². The fraction of sp³-hybridized carbons (Fsp3) is 0. The van der Waals surface area contributed by atoms with Crippen molar-refractivity contribution in [2.24, 2.45) is 11.8 Å². The van der Waals surface area contributed by atoms with Crippen molar-refractivity contribution in [3.05, 3.63) is 24.3 Å². The number of furan rings is 1. The van der Waals surface area contributed by atoms with E-state index in [1.165, 1.54) is 0 Å². The summed E-state index contributed by atoms with van der Waals surface area (Å²) in [6.07, 6.45) is 0. The molecule has 3 rings (SSSR count). The van der Waals surface area contributed by atoms with Gasteiger partial charge < -0.3 is 25.6 Å². The molecule has 2 aromatic carbocycles. The van der Waals surface area contributed by atoms with Gasteiger partial charge in [-0.15, -0.1) is 0 Å². The van der Waals surface area contributed by atoms with Crippen LogP contribution >= 0.6 is 0 Å². The Morgan fingerprint density at radius 3 is 1.53 bits per heavy atom. The largest absolute Gasteiger partial charge is 0.451 e. The maximum atomic E-state index is 5.92. The lowest BCUT2D eigenvalue weighted by molar-refractivity contribution is 0.336. The van der Waals surface area contributed by atoms with Crippen LogP contribution in [-0.2, 0) is 0 Å². The first-order valence-corrected chi connectivity index (χ1v) is 5.44. The monoisotopic (exact) mass is 260 g/mol. The fourth-order valence-electron chi connectivity index (χ4n) is 2.11. The molecule has 0 saturated heterocycles. The standard InChI is InChI=1S/C12H12N4O3/c13-9-7(18-15)3-1-5-6-2-4-8(19-16)10(14)12(6)17-11(5)9/h1-4H,13-16H2. The molecule has 1 heterocycles. The maximum Gasteiger partial charge on any atom is 0.173 e. The summed E-state index contributed by atoms with van der Waals surface area (Å²) in [5.41, 5.74) is 13.4. The third-order valence-corrected chi connectivity index (χ3v) is 3.06. The lowest BCUT2D eigenvalue weighted by Gasteiger charge is -2.02. The first-order chi connectivity index (χ1) is 9.17. The molecule has 1 aromatic heterocycles. The summed E-state index contributed by atoms with van der Waals surface area (Å²) >= 11 is 0. The zero-order valence-corrected chi connectivity index (χ0v) is 9.84. The molecule has 0 amide bonds. The van der Waals surface area contributed by atoms with Crippen LogP contribution in [0.3, 0.4) is 0 Å². The van der Waals surface area contributed by atoms with Crippen LogP contribution in [0.5, 0.6) is 11.5 Å². The normalized spacial score (nSPS) is 11.1. The van der Waals surface area contributed by atoms with E-state index in [9.17, 15) is 0 Å². The van der Waals surface area contributed by atoms with Gasteiger partial charge in [0.25, 0.3) is 0 Å². The summed E-state index contributed by atoms with van der Waals surface area (Å²) in [5.74, 6) is 10.9. The third-order valence-electron chi connectivity index (χ3n) is 3.06.